The van der Waals surface area contributed by atoms with Crippen LogP contribution in [0.5, 0.6) is 0 Å². The van der Waals surface area contributed by atoms with Gasteiger partial charge < -0.3 is 10.6 Å². The minimum atomic E-state index is -0.286. The van der Waals surface area contributed by atoms with E-state index in [2.05, 4.69) is 33.0 Å². The number of nitrogens with zero attached hydrogens (tertiary/aromatic N) is 1. The highest BCUT2D eigenvalue weighted by Crippen LogP contribution is 2.21. The molecular weight excluding hydrogens is 312 g/mol. The second-order valence-corrected chi connectivity index (χ2v) is 5.69. The van der Waals surface area contributed by atoms with Crippen LogP contribution in [0.4, 0.5) is 16.2 Å². The predicted octanol–water partition coefficient (Wildman–Crippen LogP) is 4.87. The van der Waals surface area contributed by atoms with Crippen LogP contribution in [0.2, 0.25) is 0 Å². The van der Waals surface area contributed by atoms with Gasteiger partial charge in [-0.05, 0) is 41.5 Å². The number of carbonyl (C=O) groups is 1. The monoisotopic (exact) mass is 328 g/mol. The summed E-state index contributed by atoms with van der Waals surface area (Å²) in [5.41, 5.74) is 4.57. The zero-order valence-electron chi connectivity index (χ0n) is 13.4. The van der Waals surface area contributed by atoms with Crippen molar-refractivity contribution in [3.63, 3.8) is 0 Å². The van der Waals surface area contributed by atoms with Crippen molar-refractivity contribution in [3.8, 4) is 11.1 Å². The standard InChI is InChI=1S/C20H16N4O/c25-20(23-18-11-8-16-13-21-24-19(16)12-18)22-17-9-6-15(7-10-17)14-4-2-1-3-5-14/h1-13H,(H,21,24)(H2,22,23,25). The van der Waals surface area contributed by atoms with E-state index in [1.54, 1.807) is 6.20 Å². The van der Waals surface area contributed by atoms with Gasteiger partial charge in [-0.25, -0.2) is 4.79 Å². The number of aromatic nitrogens is 2. The molecule has 25 heavy (non-hydrogen) atoms. The molecule has 0 bridgehead atoms. The van der Waals surface area contributed by atoms with Crippen LogP contribution >= 0.6 is 0 Å². The van der Waals surface area contributed by atoms with Crippen molar-refractivity contribution in [1.82, 2.24) is 10.2 Å². The minimum Gasteiger partial charge on any atom is -0.308 e. The maximum absolute atomic E-state index is 12.2. The van der Waals surface area contributed by atoms with Gasteiger partial charge in [-0.2, -0.15) is 5.10 Å². The van der Waals surface area contributed by atoms with Crippen molar-refractivity contribution in [2.24, 2.45) is 0 Å². The number of hydrogen-bond acceptors (Lipinski definition) is 2. The number of benzene rings is 3. The number of hydrogen-bond donors (Lipinski definition) is 3. The van der Waals surface area contributed by atoms with E-state index in [1.165, 1.54) is 0 Å². The number of nitrogens with one attached hydrogen (secondary N) is 3. The Morgan fingerprint density at radius 2 is 1.48 bits per heavy atom. The Morgan fingerprint density at radius 1 is 0.800 bits per heavy atom. The van der Waals surface area contributed by atoms with Gasteiger partial charge in [0, 0.05) is 16.8 Å². The quantitative estimate of drug-likeness (QED) is 0.502. The van der Waals surface area contributed by atoms with Crippen molar-refractivity contribution < 1.29 is 4.79 Å². The molecule has 5 nitrogen and oxygen atoms in total. The molecule has 5 heteroatoms. The summed E-state index contributed by atoms with van der Waals surface area (Å²) in [5, 5.41) is 13.5. The molecular formula is C20H16N4O. The average molecular weight is 328 g/mol. The molecule has 0 unspecified atom stereocenters. The molecule has 3 aromatic carbocycles. The first-order valence-corrected chi connectivity index (χ1v) is 7.94. The number of fused-ring (bicyclic) bond motifs is 1. The Labute approximate surface area is 144 Å². The molecule has 0 atom stereocenters. The summed E-state index contributed by atoms with van der Waals surface area (Å²) in [6.07, 6.45) is 1.74. The summed E-state index contributed by atoms with van der Waals surface area (Å²) in [5.74, 6) is 0. The molecule has 0 aliphatic heterocycles. The maximum atomic E-state index is 12.2. The van der Waals surface area contributed by atoms with Gasteiger partial charge in [0.15, 0.2) is 0 Å². The van der Waals surface area contributed by atoms with Gasteiger partial charge in [-0.3, -0.25) is 5.10 Å². The van der Waals surface area contributed by atoms with Gasteiger partial charge in [0.1, 0.15) is 0 Å². The van der Waals surface area contributed by atoms with Crippen molar-refractivity contribution >= 4 is 28.3 Å². The van der Waals surface area contributed by atoms with E-state index >= 15 is 0 Å². The summed E-state index contributed by atoms with van der Waals surface area (Å²) in [6, 6.07) is 23.2. The number of amides is 2. The first-order valence-electron chi connectivity index (χ1n) is 7.94. The van der Waals surface area contributed by atoms with Crippen LogP contribution in [0, 0.1) is 0 Å². The zero-order valence-corrected chi connectivity index (χ0v) is 13.4. The van der Waals surface area contributed by atoms with Crippen LogP contribution in [0.3, 0.4) is 0 Å². The Morgan fingerprint density at radius 3 is 2.28 bits per heavy atom. The summed E-state index contributed by atoms with van der Waals surface area (Å²) < 4.78 is 0. The van der Waals surface area contributed by atoms with Crippen molar-refractivity contribution in [2.45, 2.75) is 0 Å². The summed E-state index contributed by atoms with van der Waals surface area (Å²) in [7, 11) is 0. The summed E-state index contributed by atoms with van der Waals surface area (Å²) in [6.45, 7) is 0. The number of H-pyrrole nitrogens is 1. The fraction of sp³-hybridized carbons (Fsp3) is 0. The highest BCUT2D eigenvalue weighted by Gasteiger charge is 2.05. The number of carbonyl (C=O) groups excluding carboxylic acids is 1. The second-order valence-electron chi connectivity index (χ2n) is 5.69. The Kier molecular flexibility index (Phi) is 3.88. The fourth-order valence-electron chi connectivity index (χ4n) is 2.68. The smallest absolute Gasteiger partial charge is 0.308 e. The molecule has 3 N–H and O–H groups in total. The lowest BCUT2D eigenvalue weighted by Crippen LogP contribution is -2.19. The van der Waals surface area contributed by atoms with Crippen molar-refractivity contribution in [1.29, 1.82) is 0 Å². The topological polar surface area (TPSA) is 69.8 Å². The Balaban J connectivity index is 1.43. The first kappa shape index (κ1) is 15.0. The zero-order chi connectivity index (χ0) is 17.1. The lowest BCUT2D eigenvalue weighted by molar-refractivity contribution is 0.262. The third-order valence-corrected chi connectivity index (χ3v) is 3.95. The predicted molar refractivity (Wildman–Crippen MR) is 101 cm³/mol. The molecule has 0 saturated carbocycles. The normalized spacial score (nSPS) is 10.6. The molecule has 4 rings (SSSR count). The molecule has 0 radical (unpaired) electrons. The van der Waals surface area contributed by atoms with Crippen LogP contribution in [0.15, 0.2) is 79.0 Å². The van der Waals surface area contributed by atoms with Gasteiger partial charge in [0.2, 0.25) is 0 Å². The SMILES string of the molecule is O=C(Nc1ccc(-c2ccccc2)cc1)Nc1ccc2cn[nH]c2c1. The van der Waals surface area contributed by atoms with Gasteiger partial charge in [-0.15, -0.1) is 0 Å². The maximum Gasteiger partial charge on any atom is 0.323 e. The van der Waals surface area contributed by atoms with E-state index in [9.17, 15) is 4.79 Å². The molecule has 0 aliphatic rings. The third-order valence-electron chi connectivity index (χ3n) is 3.95. The van der Waals surface area contributed by atoms with E-state index in [1.807, 2.05) is 60.7 Å². The molecule has 2 amide bonds. The number of rotatable bonds is 3. The minimum absolute atomic E-state index is 0.286. The Hall–Kier alpha value is -3.60. The summed E-state index contributed by atoms with van der Waals surface area (Å²) in [4.78, 5) is 12.2. The van der Waals surface area contributed by atoms with Crippen LogP contribution in [0.1, 0.15) is 0 Å². The van der Waals surface area contributed by atoms with Gasteiger partial charge in [-0.1, -0.05) is 42.5 Å². The average Bonchev–Trinajstić information content (AvgIpc) is 3.11. The van der Waals surface area contributed by atoms with E-state index in [0.717, 1.165) is 27.7 Å². The highest BCUT2D eigenvalue weighted by molar-refractivity contribution is 6.01. The number of aromatic amines is 1. The molecule has 0 spiro atoms. The second kappa shape index (κ2) is 6.49. The fourth-order valence-corrected chi connectivity index (χ4v) is 2.68. The van der Waals surface area contributed by atoms with Crippen molar-refractivity contribution in [2.75, 3.05) is 10.6 Å². The van der Waals surface area contributed by atoms with Crippen LogP contribution in [-0.4, -0.2) is 16.2 Å². The van der Waals surface area contributed by atoms with Gasteiger partial charge in [0.25, 0.3) is 0 Å². The molecule has 0 fully saturated rings. The Bertz CT molecular complexity index is 1010. The van der Waals surface area contributed by atoms with Gasteiger partial charge >= 0.3 is 6.03 Å². The van der Waals surface area contributed by atoms with Crippen LogP contribution < -0.4 is 10.6 Å². The van der Waals surface area contributed by atoms with Crippen molar-refractivity contribution in [3.05, 3.63) is 79.0 Å². The summed E-state index contributed by atoms with van der Waals surface area (Å²) >= 11 is 0. The molecule has 122 valence electrons. The third kappa shape index (κ3) is 3.35. The lowest BCUT2D eigenvalue weighted by Gasteiger charge is -2.09. The first-order chi connectivity index (χ1) is 12.3. The molecule has 4 aromatic rings. The lowest BCUT2D eigenvalue weighted by atomic mass is 10.1. The number of anilines is 2. The van der Waals surface area contributed by atoms with E-state index < -0.39 is 0 Å². The van der Waals surface area contributed by atoms with E-state index in [4.69, 9.17) is 0 Å². The highest BCUT2D eigenvalue weighted by atomic mass is 16.2. The molecule has 1 aromatic heterocycles. The molecule has 0 saturated heterocycles. The largest absolute Gasteiger partial charge is 0.323 e. The van der Waals surface area contributed by atoms with Gasteiger partial charge in [0.05, 0.1) is 11.7 Å². The molecule has 1 heterocycles. The van der Waals surface area contributed by atoms with Crippen LogP contribution in [-0.2, 0) is 0 Å². The van der Waals surface area contributed by atoms with E-state index in [0.29, 0.717) is 5.69 Å². The van der Waals surface area contributed by atoms with Crippen LogP contribution in [0.25, 0.3) is 22.0 Å². The molecule has 0 aliphatic carbocycles. The number of urea groups is 1. The van der Waals surface area contributed by atoms with E-state index in [-0.39, 0.29) is 6.03 Å².